The SMILES string of the molecule is CCOC(=O)CSc1nc(C(=O)O)ccc1[N+](=O)[O-]. The predicted octanol–water partition coefficient (Wildman–Crippen LogP) is 1.34. The first-order valence-corrected chi connectivity index (χ1v) is 6.11. The third-order valence-electron chi connectivity index (χ3n) is 1.89. The van der Waals surface area contributed by atoms with Gasteiger partial charge in [-0.25, -0.2) is 9.78 Å². The van der Waals surface area contributed by atoms with Crippen LogP contribution in [0.1, 0.15) is 17.4 Å². The van der Waals surface area contributed by atoms with Crippen LogP contribution < -0.4 is 0 Å². The number of carbonyl (C=O) groups excluding carboxylic acids is 1. The Morgan fingerprint density at radius 3 is 2.74 bits per heavy atom. The summed E-state index contributed by atoms with van der Waals surface area (Å²) < 4.78 is 4.67. The van der Waals surface area contributed by atoms with Gasteiger partial charge >= 0.3 is 17.6 Å². The minimum atomic E-state index is -1.30. The molecule has 0 saturated heterocycles. The van der Waals surface area contributed by atoms with E-state index in [1.54, 1.807) is 6.92 Å². The number of hydrogen-bond acceptors (Lipinski definition) is 7. The van der Waals surface area contributed by atoms with Crippen LogP contribution in [0.15, 0.2) is 17.2 Å². The highest BCUT2D eigenvalue weighted by Crippen LogP contribution is 2.27. The number of aromatic nitrogens is 1. The quantitative estimate of drug-likeness (QED) is 0.360. The Kier molecular flexibility index (Phi) is 5.24. The second kappa shape index (κ2) is 6.69. The molecule has 1 aromatic rings. The Bertz CT molecular complexity index is 519. The van der Waals surface area contributed by atoms with Crippen molar-refractivity contribution in [2.24, 2.45) is 0 Å². The highest BCUT2D eigenvalue weighted by molar-refractivity contribution is 8.00. The molecular formula is C10H10N2O6S. The molecule has 0 atom stereocenters. The Morgan fingerprint density at radius 1 is 1.53 bits per heavy atom. The van der Waals surface area contributed by atoms with Crippen LogP contribution in [0.2, 0.25) is 0 Å². The van der Waals surface area contributed by atoms with Crippen LogP contribution in [0.25, 0.3) is 0 Å². The number of ether oxygens (including phenoxy) is 1. The first kappa shape index (κ1) is 14.9. The zero-order valence-corrected chi connectivity index (χ0v) is 10.7. The zero-order chi connectivity index (χ0) is 14.4. The van der Waals surface area contributed by atoms with Gasteiger partial charge in [0.1, 0.15) is 5.69 Å². The van der Waals surface area contributed by atoms with Crippen molar-refractivity contribution in [2.75, 3.05) is 12.4 Å². The van der Waals surface area contributed by atoms with Crippen molar-refractivity contribution in [2.45, 2.75) is 11.9 Å². The molecular weight excluding hydrogens is 276 g/mol. The van der Waals surface area contributed by atoms with Crippen LogP contribution >= 0.6 is 11.8 Å². The molecule has 0 saturated carbocycles. The maximum absolute atomic E-state index is 11.2. The lowest BCUT2D eigenvalue weighted by molar-refractivity contribution is -0.388. The maximum Gasteiger partial charge on any atom is 0.354 e. The largest absolute Gasteiger partial charge is 0.477 e. The monoisotopic (exact) mass is 286 g/mol. The fraction of sp³-hybridized carbons (Fsp3) is 0.300. The Morgan fingerprint density at radius 2 is 2.21 bits per heavy atom. The molecule has 1 aromatic heterocycles. The Hall–Kier alpha value is -2.16. The minimum Gasteiger partial charge on any atom is -0.477 e. The summed E-state index contributed by atoms with van der Waals surface area (Å²) >= 11 is 0.764. The average Bonchev–Trinajstić information content (AvgIpc) is 2.36. The van der Waals surface area contributed by atoms with E-state index in [9.17, 15) is 19.7 Å². The molecule has 102 valence electrons. The maximum atomic E-state index is 11.2. The molecule has 0 aliphatic rings. The average molecular weight is 286 g/mol. The van der Waals surface area contributed by atoms with Gasteiger partial charge in [-0.05, 0) is 13.0 Å². The van der Waals surface area contributed by atoms with Gasteiger partial charge in [0.05, 0.1) is 17.3 Å². The molecule has 19 heavy (non-hydrogen) atoms. The van der Waals surface area contributed by atoms with Crippen molar-refractivity contribution in [1.82, 2.24) is 4.98 Å². The van der Waals surface area contributed by atoms with Crippen molar-refractivity contribution in [3.05, 3.63) is 27.9 Å². The molecule has 0 fully saturated rings. The fourth-order valence-electron chi connectivity index (χ4n) is 1.13. The van der Waals surface area contributed by atoms with Crippen molar-refractivity contribution in [3.63, 3.8) is 0 Å². The summed E-state index contributed by atoms with van der Waals surface area (Å²) in [4.78, 5) is 35.6. The number of carboxylic acids is 1. The van der Waals surface area contributed by atoms with Gasteiger partial charge in [0.15, 0.2) is 5.03 Å². The van der Waals surface area contributed by atoms with Crippen LogP contribution in [-0.4, -0.2) is 39.3 Å². The predicted molar refractivity (Wildman–Crippen MR) is 65.2 cm³/mol. The van der Waals surface area contributed by atoms with Crippen LogP contribution in [-0.2, 0) is 9.53 Å². The van der Waals surface area contributed by atoms with E-state index in [0.717, 1.165) is 23.9 Å². The molecule has 0 aliphatic heterocycles. The number of aromatic carboxylic acids is 1. The van der Waals surface area contributed by atoms with E-state index >= 15 is 0 Å². The topological polar surface area (TPSA) is 120 Å². The molecule has 9 heteroatoms. The van der Waals surface area contributed by atoms with Gasteiger partial charge in [-0.2, -0.15) is 0 Å². The summed E-state index contributed by atoms with van der Waals surface area (Å²) in [7, 11) is 0. The van der Waals surface area contributed by atoms with E-state index < -0.39 is 16.9 Å². The van der Waals surface area contributed by atoms with Gasteiger partial charge in [0.25, 0.3) is 0 Å². The van der Waals surface area contributed by atoms with Gasteiger partial charge in [-0.3, -0.25) is 14.9 Å². The molecule has 0 unspecified atom stereocenters. The van der Waals surface area contributed by atoms with Gasteiger partial charge in [-0.15, -0.1) is 0 Å². The van der Waals surface area contributed by atoms with Gasteiger partial charge < -0.3 is 9.84 Å². The minimum absolute atomic E-state index is 0.127. The molecule has 0 aliphatic carbocycles. The van der Waals surface area contributed by atoms with Gasteiger partial charge in [0.2, 0.25) is 0 Å². The van der Waals surface area contributed by atoms with E-state index in [1.165, 1.54) is 0 Å². The lowest BCUT2D eigenvalue weighted by atomic mass is 10.3. The van der Waals surface area contributed by atoms with E-state index in [2.05, 4.69) is 9.72 Å². The van der Waals surface area contributed by atoms with E-state index in [1.807, 2.05) is 0 Å². The molecule has 1 heterocycles. The number of nitrogens with zero attached hydrogens (tertiary/aromatic N) is 2. The highest BCUT2D eigenvalue weighted by Gasteiger charge is 2.20. The summed E-state index contributed by atoms with van der Waals surface area (Å²) in [6, 6.07) is 2.08. The summed E-state index contributed by atoms with van der Waals surface area (Å²) in [5, 5.41) is 19.4. The molecule has 0 radical (unpaired) electrons. The Labute approximate surface area is 111 Å². The smallest absolute Gasteiger partial charge is 0.354 e. The lowest BCUT2D eigenvalue weighted by Gasteiger charge is -2.03. The summed E-state index contributed by atoms with van der Waals surface area (Å²) in [6.45, 7) is 1.83. The number of rotatable bonds is 6. The Balaban J connectivity index is 2.94. The fourth-order valence-corrected chi connectivity index (χ4v) is 1.92. The summed E-state index contributed by atoms with van der Waals surface area (Å²) in [5.41, 5.74) is -0.670. The highest BCUT2D eigenvalue weighted by atomic mass is 32.2. The van der Waals surface area contributed by atoms with E-state index in [4.69, 9.17) is 5.11 Å². The van der Waals surface area contributed by atoms with Gasteiger partial charge in [-0.1, -0.05) is 11.8 Å². The normalized spacial score (nSPS) is 9.95. The van der Waals surface area contributed by atoms with Crippen LogP contribution in [0.4, 0.5) is 5.69 Å². The number of hydrogen-bond donors (Lipinski definition) is 1. The first-order valence-electron chi connectivity index (χ1n) is 5.12. The number of pyridine rings is 1. The first-order chi connectivity index (χ1) is 8.95. The standard InChI is InChI=1S/C10H10N2O6S/c1-2-18-8(13)5-19-9-7(12(16)17)4-3-6(11-9)10(14)15/h3-4H,2,5H2,1H3,(H,14,15). The van der Waals surface area contributed by atoms with Crippen molar-refractivity contribution in [3.8, 4) is 0 Å². The van der Waals surface area contributed by atoms with Crippen molar-refractivity contribution < 1.29 is 24.4 Å². The van der Waals surface area contributed by atoms with Crippen LogP contribution in [0.3, 0.4) is 0 Å². The molecule has 0 aromatic carbocycles. The van der Waals surface area contributed by atoms with Crippen molar-refractivity contribution in [1.29, 1.82) is 0 Å². The number of carbonyl (C=O) groups is 2. The second-order valence-corrected chi connectivity index (χ2v) is 4.14. The lowest BCUT2D eigenvalue weighted by Crippen LogP contribution is -2.08. The van der Waals surface area contributed by atoms with Gasteiger partial charge in [0, 0.05) is 6.07 Å². The number of nitro groups is 1. The molecule has 0 bridgehead atoms. The number of thioether (sulfide) groups is 1. The van der Waals surface area contributed by atoms with E-state index in [-0.39, 0.29) is 28.8 Å². The third kappa shape index (κ3) is 4.21. The molecule has 8 nitrogen and oxygen atoms in total. The number of esters is 1. The molecule has 0 spiro atoms. The summed E-state index contributed by atoms with van der Waals surface area (Å²) in [6.07, 6.45) is 0. The molecule has 1 N–H and O–H groups in total. The third-order valence-corrected chi connectivity index (χ3v) is 2.84. The van der Waals surface area contributed by atoms with Crippen molar-refractivity contribution >= 4 is 29.4 Å². The van der Waals surface area contributed by atoms with E-state index in [0.29, 0.717) is 0 Å². The zero-order valence-electron chi connectivity index (χ0n) is 9.86. The number of carboxylic acid groups (broad SMARTS) is 1. The van der Waals surface area contributed by atoms with Crippen LogP contribution in [0, 0.1) is 10.1 Å². The second-order valence-electron chi connectivity index (χ2n) is 3.18. The summed E-state index contributed by atoms with van der Waals surface area (Å²) in [5.74, 6) is -2.03. The molecule has 0 amide bonds. The molecule has 1 rings (SSSR count). The van der Waals surface area contributed by atoms with Crippen LogP contribution in [0.5, 0.6) is 0 Å².